The fourth-order valence-electron chi connectivity index (χ4n) is 2.12. The normalized spacial score (nSPS) is 14.1. The third-order valence-electron chi connectivity index (χ3n) is 3.67. The minimum Gasteiger partial charge on any atom is -0.480 e. The number of benzene rings is 1. The molecule has 0 heterocycles. The van der Waals surface area contributed by atoms with E-state index in [2.05, 4.69) is 26.6 Å². The third-order valence-corrected chi connectivity index (χ3v) is 5.33. The highest BCUT2D eigenvalue weighted by molar-refractivity contribution is 9.10. The number of nitrogens with two attached hydrogens (primary N) is 1. The Labute approximate surface area is 175 Å². The van der Waals surface area contributed by atoms with E-state index in [1.807, 2.05) is 24.3 Å². The van der Waals surface area contributed by atoms with Gasteiger partial charge in [-0.05, 0) is 24.1 Å². The minimum absolute atomic E-state index is 0.0431. The first-order chi connectivity index (χ1) is 13.2. The molecule has 0 bridgehead atoms. The number of carboxylic acid groups (broad SMARTS) is 2. The fourth-order valence-corrected chi connectivity index (χ4v) is 3.45. The van der Waals surface area contributed by atoms with Gasteiger partial charge in [0.2, 0.25) is 5.91 Å². The van der Waals surface area contributed by atoms with Crippen LogP contribution >= 0.6 is 27.7 Å². The van der Waals surface area contributed by atoms with Crippen molar-refractivity contribution in [2.24, 2.45) is 5.73 Å². The van der Waals surface area contributed by atoms with Gasteiger partial charge in [-0.2, -0.15) is 11.8 Å². The Kier molecular flexibility index (Phi) is 11.1. The lowest BCUT2D eigenvalue weighted by atomic mass is 10.1. The molecule has 28 heavy (non-hydrogen) atoms. The first-order valence-electron chi connectivity index (χ1n) is 8.42. The molecule has 0 radical (unpaired) electrons. The second-order valence-corrected chi connectivity index (χ2v) is 7.96. The van der Waals surface area contributed by atoms with Crippen LogP contribution in [0, 0.1) is 0 Å². The SMILES string of the molecule is N[C@H](CCC(=O)N[C@H](CSCc1ccc(Br)cc1)[C@H](O)NCC(=O)O)C(=O)O. The van der Waals surface area contributed by atoms with Crippen molar-refractivity contribution >= 4 is 45.5 Å². The molecule has 0 saturated heterocycles. The van der Waals surface area contributed by atoms with Crippen LogP contribution in [0.2, 0.25) is 0 Å². The van der Waals surface area contributed by atoms with E-state index in [0.29, 0.717) is 11.5 Å². The molecule has 156 valence electrons. The van der Waals surface area contributed by atoms with Crippen LogP contribution in [0.25, 0.3) is 0 Å². The topological polar surface area (TPSA) is 162 Å². The molecule has 1 aromatic carbocycles. The van der Waals surface area contributed by atoms with Crippen molar-refractivity contribution in [2.75, 3.05) is 12.3 Å². The molecule has 3 atom stereocenters. The van der Waals surface area contributed by atoms with E-state index in [9.17, 15) is 19.5 Å². The molecule has 0 aromatic heterocycles. The molecule has 0 aliphatic carbocycles. The molecular formula is C17H24BrN3O6S. The second kappa shape index (κ2) is 12.7. The summed E-state index contributed by atoms with van der Waals surface area (Å²) < 4.78 is 0.958. The van der Waals surface area contributed by atoms with Crippen molar-refractivity contribution in [1.82, 2.24) is 10.6 Å². The van der Waals surface area contributed by atoms with Crippen molar-refractivity contribution in [3.8, 4) is 0 Å². The molecular weight excluding hydrogens is 454 g/mol. The minimum atomic E-state index is -1.27. The molecule has 0 aliphatic heterocycles. The monoisotopic (exact) mass is 477 g/mol. The average molecular weight is 478 g/mol. The maximum atomic E-state index is 12.1. The van der Waals surface area contributed by atoms with E-state index in [-0.39, 0.29) is 12.8 Å². The Morgan fingerprint density at radius 2 is 1.82 bits per heavy atom. The number of aliphatic hydroxyl groups is 1. The summed E-state index contributed by atoms with van der Waals surface area (Å²) in [4.78, 5) is 33.5. The highest BCUT2D eigenvalue weighted by atomic mass is 79.9. The molecule has 0 unspecified atom stereocenters. The summed E-state index contributed by atoms with van der Waals surface area (Å²) in [7, 11) is 0. The third kappa shape index (κ3) is 10.0. The van der Waals surface area contributed by atoms with E-state index in [1.165, 1.54) is 11.8 Å². The van der Waals surface area contributed by atoms with Gasteiger partial charge >= 0.3 is 11.9 Å². The summed E-state index contributed by atoms with van der Waals surface area (Å²) in [6, 6.07) is 5.79. The number of aliphatic carboxylic acids is 2. The zero-order chi connectivity index (χ0) is 21.1. The molecule has 0 aliphatic rings. The van der Waals surface area contributed by atoms with Gasteiger partial charge in [-0.25, -0.2) is 0 Å². The first-order valence-corrected chi connectivity index (χ1v) is 10.4. The van der Waals surface area contributed by atoms with Crippen molar-refractivity contribution in [3.63, 3.8) is 0 Å². The molecule has 0 spiro atoms. The predicted molar refractivity (Wildman–Crippen MR) is 109 cm³/mol. The Morgan fingerprint density at radius 1 is 1.18 bits per heavy atom. The molecule has 1 aromatic rings. The van der Waals surface area contributed by atoms with Crippen LogP contribution in [-0.4, -0.2) is 63.8 Å². The van der Waals surface area contributed by atoms with Crippen molar-refractivity contribution in [3.05, 3.63) is 34.3 Å². The molecule has 0 saturated carbocycles. The predicted octanol–water partition coefficient (Wildman–Crippen LogP) is 0.352. The first kappa shape index (κ1) is 24.4. The number of nitrogens with one attached hydrogen (secondary N) is 2. The molecule has 0 fully saturated rings. The summed E-state index contributed by atoms with van der Waals surface area (Å²) >= 11 is 4.81. The number of hydrogen-bond donors (Lipinski definition) is 6. The van der Waals surface area contributed by atoms with E-state index in [0.717, 1.165) is 10.0 Å². The number of halogens is 1. The lowest BCUT2D eigenvalue weighted by Gasteiger charge is -2.24. The Hall–Kier alpha value is -1.66. The summed E-state index contributed by atoms with van der Waals surface area (Å²) in [6.07, 6.45) is -1.43. The smallest absolute Gasteiger partial charge is 0.320 e. The van der Waals surface area contributed by atoms with Gasteiger partial charge in [0, 0.05) is 22.4 Å². The lowest BCUT2D eigenvalue weighted by molar-refractivity contribution is -0.139. The largest absolute Gasteiger partial charge is 0.480 e. The van der Waals surface area contributed by atoms with Gasteiger partial charge in [0.1, 0.15) is 12.3 Å². The summed E-state index contributed by atoms with van der Waals surface area (Å²) in [5.74, 6) is -1.85. The van der Waals surface area contributed by atoms with Gasteiger partial charge in [-0.15, -0.1) is 0 Å². The Balaban J connectivity index is 2.59. The van der Waals surface area contributed by atoms with Crippen LogP contribution in [0.4, 0.5) is 0 Å². The standard InChI is InChI=1S/C17H24BrN3O6S/c18-11-3-1-10(2-4-11)8-28-9-13(16(25)20-7-15(23)24)21-14(22)6-5-12(19)17(26)27/h1-4,12-13,16,20,25H,5-9,19H2,(H,21,22)(H,23,24)(H,26,27)/t12-,13-,16+/m1/s1. The number of carboxylic acids is 2. The molecule has 7 N–H and O–H groups in total. The molecule has 1 rings (SSSR count). The highest BCUT2D eigenvalue weighted by Gasteiger charge is 2.22. The number of carbonyl (C=O) groups is 3. The van der Waals surface area contributed by atoms with Crippen LogP contribution in [0.3, 0.4) is 0 Å². The van der Waals surface area contributed by atoms with Gasteiger partial charge in [-0.3, -0.25) is 19.7 Å². The van der Waals surface area contributed by atoms with Crippen LogP contribution in [0.1, 0.15) is 18.4 Å². The van der Waals surface area contributed by atoms with Crippen LogP contribution in [-0.2, 0) is 20.1 Å². The zero-order valence-electron chi connectivity index (χ0n) is 15.0. The van der Waals surface area contributed by atoms with Crippen molar-refractivity contribution in [1.29, 1.82) is 0 Å². The van der Waals surface area contributed by atoms with Gasteiger partial charge < -0.3 is 26.4 Å². The van der Waals surface area contributed by atoms with Gasteiger partial charge in [-0.1, -0.05) is 28.1 Å². The molecule has 11 heteroatoms. The maximum absolute atomic E-state index is 12.1. The molecule has 1 amide bonds. The maximum Gasteiger partial charge on any atom is 0.320 e. The van der Waals surface area contributed by atoms with Crippen LogP contribution in [0.15, 0.2) is 28.7 Å². The number of carbonyl (C=O) groups excluding carboxylic acids is 1. The number of aliphatic hydroxyl groups excluding tert-OH is 1. The van der Waals surface area contributed by atoms with Gasteiger partial charge in [0.05, 0.1) is 12.6 Å². The Morgan fingerprint density at radius 3 is 2.39 bits per heavy atom. The highest BCUT2D eigenvalue weighted by Crippen LogP contribution is 2.17. The van der Waals surface area contributed by atoms with Crippen LogP contribution < -0.4 is 16.4 Å². The van der Waals surface area contributed by atoms with Crippen molar-refractivity contribution < 1.29 is 29.7 Å². The van der Waals surface area contributed by atoms with Crippen molar-refractivity contribution in [2.45, 2.75) is 36.9 Å². The summed E-state index contributed by atoms with van der Waals surface area (Å²) in [5.41, 5.74) is 6.43. The number of rotatable bonds is 13. The van der Waals surface area contributed by atoms with Gasteiger partial charge in [0.25, 0.3) is 0 Å². The second-order valence-electron chi connectivity index (χ2n) is 6.02. The number of hydrogen-bond acceptors (Lipinski definition) is 7. The van der Waals surface area contributed by atoms with E-state index >= 15 is 0 Å². The fraction of sp³-hybridized carbons (Fsp3) is 0.471. The molecule has 9 nitrogen and oxygen atoms in total. The zero-order valence-corrected chi connectivity index (χ0v) is 17.4. The number of thioether (sulfide) groups is 1. The van der Waals surface area contributed by atoms with Gasteiger partial charge in [0.15, 0.2) is 0 Å². The van der Waals surface area contributed by atoms with E-state index in [4.69, 9.17) is 15.9 Å². The van der Waals surface area contributed by atoms with Crippen LogP contribution in [0.5, 0.6) is 0 Å². The average Bonchev–Trinajstić information content (AvgIpc) is 2.64. The summed E-state index contributed by atoms with van der Waals surface area (Å²) in [6.45, 7) is -0.463. The number of amides is 1. The quantitative estimate of drug-likeness (QED) is 0.220. The lowest BCUT2D eigenvalue weighted by Crippen LogP contribution is -2.52. The Bertz CT molecular complexity index is 661. The van der Waals surface area contributed by atoms with E-state index in [1.54, 1.807) is 0 Å². The van der Waals surface area contributed by atoms with E-state index < -0.39 is 42.7 Å². The summed E-state index contributed by atoms with van der Waals surface area (Å²) in [5, 5.41) is 32.7.